The summed E-state index contributed by atoms with van der Waals surface area (Å²) in [4.78, 5) is 11.2. The molecule has 98 valence electrons. The molecule has 2 aromatic carbocycles. The van der Waals surface area contributed by atoms with Gasteiger partial charge < -0.3 is 4.74 Å². The Morgan fingerprint density at radius 3 is 2.58 bits per heavy atom. The van der Waals surface area contributed by atoms with E-state index in [9.17, 15) is 9.18 Å². The lowest BCUT2D eigenvalue weighted by Gasteiger charge is -2.08. The number of halogens is 3. The van der Waals surface area contributed by atoms with Crippen LogP contribution in [0.5, 0.6) is 11.5 Å². The van der Waals surface area contributed by atoms with Gasteiger partial charge in [0.2, 0.25) is 0 Å². The average Bonchev–Trinajstić information content (AvgIpc) is 2.32. The molecule has 0 aromatic heterocycles. The second-order valence-electron chi connectivity index (χ2n) is 3.87. The minimum atomic E-state index is -0.485. The summed E-state index contributed by atoms with van der Waals surface area (Å²) in [5.41, 5.74) is 0.408. The van der Waals surface area contributed by atoms with Crippen molar-refractivity contribution < 1.29 is 13.9 Å². The van der Waals surface area contributed by atoms with E-state index in [0.717, 1.165) is 0 Å². The minimum absolute atomic E-state index is 0.0924. The Labute approximate surface area is 123 Å². The van der Waals surface area contributed by atoms with Crippen LogP contribution in [0.2, 0.25) is 5.02 Å². The molecule has 0 aliphatic carbocycles. The van der Waals surface area contributed by atoms with E-state index in [2.05, 4.69) is 15.9 Å². The number of carbonyl (C=O) groups is 1. The Morgan fingerprint density at radius 1 is 1.26 bits per heavy atom. The molecule has 2 aromatic rings. The van der Waals surface area contributed by atoms with Crippen molar-refractivity contribution in [2.45, 2.75) is 6.92 Å². The van der Waals surface area contributed by atoms with Gasteiger partial charge in [0.1, 0.15) is 5.75 Å². The topological polar surface area (TPSA) is 26.3 Å². The Kier molecular flexibility index (Phi) is 4.22. The van der Waals surface area contributed by atoms with E-state index in [0.29, 0.717) is 15.8 Å². The number of ether oxygens (including phenoxy) is 1. The molecule has 0 heterocycles. The Hall–Kier alpha value is -1.39. The molecule has 0 bridgehead atoms. The van der Waals surface area contributed by atoms with Gasteiger partial charge in [-0.25, -0.2) is 4.39 Å². The van der Waals surface area contributed by atoms with Crippen LogP contribution in [0.1, 0.15) is 17.3 Å². The number of hydrogen-bond donors (Lipinski definition) is 0. The average molecular weight is 344 g/mol. The van der Waals surface area contributed by atoms with Crippen LogP contribution < -0.4 is 4.74 Å². The summed E-state index contributed by atoms with van der Waals surface area (Å²) in [6, 6.07) is 9.09. The van der Waals surface area contributed by atoms with Crippen LogP contribution >= 0.6 is 27.5 Å². The molecule has 0 aliphatic rings. The molecule has 0 radical (unpaired) electrons. The summed E-state index contributed by atoms with van der Waals surface area (Å²) in [5.74, 6) is -0.154. The van der Waals surface area contributed by atoms with Gasteiger partial charge in [0.25, 0.3) is 0 Å². The van der Waals surface area contributed by atoms with E-state index in [1.54, 1.807) is 18.2 Å². The van der Waals surface area contributed by atoms with Gasteiger partial charge in [0.15, 0.2) is 17.3 Å². The molecular formula is C14H9BrClFO2. The van der Waals surface area contributed by atoms with Crippen LogP contribution in [0.15, 0.2) is 40.9 Å². The lowest BCUT2D eigenvalue weighted by Crippen LogP contribution is -1.94. The molecule has 0 aliphatic heterocycles. The second kappa shape index (κ2) is 5.72. The maximum absolute atomic E-state index is 13.6. The highest BCUT2D eigenvalue weighted by molar-refractivity contribution is 9.10. The maximum atomic E-state index is 13.6. The van der Waals surface area contributed by atoms with Crippen molar-refractivity contribution in [1.82, 2.24) is 0 Å². The van der Waals surface area contributed by atoms with Gasteiger partial charge in [-0.2, -0.15) is 0 Å². The Morgan fingerprint density at radius 2 is 2.00 bits per heavy atom. The zero-order valence-corrected chi connectivity index (χ0v) is 12.3. The number of hydrogen-bond acceptors (Lipinski definition) is 2. The van der Waals surface area contributed by atoms with Crippen molar-refractivity contribution in [1.29, 1.82) is 0 Å². The van der Waals surface area contributed by atoms with Gasteiger partial charge in [-0.1, -0.05) is 27.5 Å². The fraction of sp³-hybridized carbons (Fsp3) is 0.0714. The van der Waals surface area contributed by atoms with Crippen molar-refractivity contribution in [2.24, 2.45) is 0 Å². The number of ketones is 1. The lowest BCUT2D eigenvalue weighted by atomic mass is 10.1. The van der Waals surface area contributed by atoms with Crippen LogP contribution in [0, 0.1) is 5.82 Å². The standard InChI is InChI=1S/C14H9BrClFO2/c1-8(18)11-4-3-10(7-12(11)16)19-14-5-2-9(15)6-13(14)17/h2-7H,1H3. The van der Waals surface area contributed by atoms with Gasteiger partial charge in [-0.05, 0) is 37.3 Å². The van der Waals surface area contributed by atoms with Crippen molar-refractivity contribution >= 4 is 33.3 Å². The highest BCUT2D eigenvalue weighted by Crippen LogP contribution is 2.29. The molecule has 0 spiro atoms. The fourth-order valence-corrected chi connectivity index (χ4v) is 2.17. The van der Waals surface area contributed by atoms with Crippen molar-refractivity contribution in [3.05, 3.63) is 57.3 Å². The summed E-state index contributed by atoms with van der Waals surface area (Å²) >= 11 is 9.12. The zero-order valence-electron chi connectivity index (χ0n) is 9.91. The Balaban J connectivity index is 2.29. The molecule has 2 nitrogen and oxygen atoms in total. The van der Waals surface area contributed by atoms with Crippen molar-refractivity contribution in [3.8, 4) is 11.5 Å². The van der Waals surface area contributed by atoms with Crippen LogP contribution in [0.4, 0.5) is 4.39 Å². The van der Waals surface area contributed by atoms with E-state index >= 15 is 0 Å². The van der Waals surface area contributed by atoms with Crippen molar-refractivity contribution in [3.63, 3.8) is 0 Å². The highest BCUT2D eigenvalue weighted by Gasteiger charge is 2.09. The Bertz CT molecular complexity index is 643. The lowest BCUT2D eigenvalue weighted by molar-refractivity contribution is 0.101. The first-order valence-electron chi connectivity index (χ1n) is 5.41. The van der Waals surface area contributed by atoms with Gasteiger partial charge in [0, 0.05) is 16.1 Å². The minimum Gasteiger partial charge on any atom is -0.454 e. The summed E-state index contributed by atoms with van der Waals surface area (Å²) in [5, 5.41) is 0.280. The first-order chi connectivity index (χ1) is 8.97. The van der Waals surface area contributed by atoms with E-state index in [-0.39, 0.29) is 16.6 Å². The molecule has 5 heteroatoms. The molecule has 0 saturated heterocycles. The molecular weight excluding hydrogens is 335 g/mol. The molecule has 2 rings (SSSR count). The second-order valence-corrected chi connectivity index (χ2v) is 5.20. The largest absolute Gasteiger partial charge is 0.454 e. The first kappa shape index (κ1) is 14.0. The van der Waals surface area contributed by atoms with E-state index < -0.39 is 5.82 Å². The summed E-state index contributed by atoms with van der Waals surface area (Å²) < 4.78 is 19.6. The fourth-order valence-electron chi connectivity index (χ4n) is 1.53. The van der Waals surface area contributed by atoms with Crippen LogP contribution in [0.25, 0.3) is 0 Å². The summed E-state index contributed by atoms with van der Waals surface area (Å²) in [6.07, 6.45) is 0. The van der Waals surface area contributed by atoms with E-state index in [4.69, 9.17) is 16.3 Å². The third-order valence-electron chi connectivity index (χ3n) is 2.44. The number of benzene rings is 2. The third kappa shape index (κ3) is 3.33. The molecule has 0 unspecified atom stereocenters. The number of carbonyl (C=O) groups excluding carboxylic acids is 1. The molecule has 0 fully saturated rings. The van der Waals surface area contributed by atoms with E-state index in [1.807, 2.05) is 0 Å². The van der Waals surface area contributed by atoms with Crippen LogP contribution in [-0.4, -0.2) is 5.78 Å². The quantitative estimate of drug-likeness (QED) is 0.713. The van der Waals surface area contributed by atoms with Crippen LogP contribution in [-0.2, 0) is 0 Å². The first-order valence-corrected chi connectivity index (χ1v) is 6.58. The predicted molar refractivity (Wildman–Crippen MR) is 75.6 cm³/mol. The van der Waals surface area contributed by atoms with Crippen LogP contribution in [0.3, 0.4) is 0 Å². The van der Waals surface area contributed by atoms with E-state index in [1.165, 1.54) is 25.1 Å². The summed E-state index contributed by atoms with van der Waals surface area (Å²) in [6.45, 7) is 1.43. The number of Topliss-reactive ketones (excluding diaryl/α,β-unsaturated/α-hetero) is 1. The SMILES string of the molecule is CC(=O)c1ccc(Oc2ccc(Br)cc2F)cc1Cl. The van der Waals surface area contributed by atoms with Gasteiger partial charge in [-0.3, -0.25) is 4.79 Å². The monoisotopic (exact) mass is 342 g/mol. The van der Waals surface area contributed by atoms with Gasteiger partial charge >= 0.3 is 0 Å². The van der Waals surface area contributed by atoms with Gasteiger partial charge in [0.05, 0.1) is 5.02 Å². The third-order valence-corrected chi connectivity index (χ3v) is 3.25. The molecule has 0 atom stereocenters. The normalized spacial score (nSPS) is 10.3. The number of rotatable bonds is 3. The van der Waals surface area contributed by atoms with Gasteiger partial charge in [-0.15, -0.1) is 0 Å². The molecule has 0 N–H and O–H groups in total. The molecule has 19 heavy (non-hydrogen) atoms. The smallest absolute Gasteiger partial charge is 0.166 e. The molecule has 0 saturated carbocycles. The maximum Gasteiger partial charge on any atom is 0.166 e. The summed E-state index contributed by atoms with van der Waals surface area (Å²) in [7, 11) is 0. The zero-order chi connectivity index (χ0) is 14.0. The highest BCUT2D eigenvalue weighted by atomic mass is 79.9. The molecule has 0 amide bonds. The predicted octanol–water partition coefficient (Wildman–Crippen LogP) is 5.24. The van der Waals surface area contributed by atoms with Crippen molar-refractivity contribution in [2.75, 3.05) is 0 Å².